The highest BCUT2D eigenvalue weighted by atomic mass is 79.9. The molecule has 2 aliphatic rings. The van der Waals surface area contributed by atoms with Gasteiger partial charge in [-0.15, -0.1) is 0 Å². The number of halogens is 1. The lowest BCUT2D eigenvalue weighted by atomic mass is 9.79. The Kier molecular flexibility index (Phi) is 4.37. The van der Waals surface area contributed by atoms with Crippen LogP contribution < -0.4 is 14.8 Å². The lowest BCUT2D eigenvalue weighted by Gasteiger charge is -2.55. The molecule has 130 valence electrons. The Morgan fingerprint density at radius 3 is 2.79 bits per heavy atom. The largest absolute Gasteiger partial charge is 0.493 e. The molecule has 24 heavy (non-hydrogen) atoms. The minimum absolute atomic E-state index is 0.347. The van der Waals surface area contributed by atoms with Crippen LogP contribution in [0.25, 0.3) is 0 Å². The van der Waals surface area contributed by atoms with E-state index in [1.54, 1.807) is 7.11 Å². The smallest absolute Gasteiger partial charge is 0.317 e. The molecule has 1 fully saturated rings. The quantitative estimate of drug-likeness (QED) is 0.602. The van der Waals surface area contributed by atoms with Gasteiger partial charge < -0.3 is 24.4 Å². The Balaban J connectivity index is 2.25. The SMILES string of the molecule is CCN1C(=S)N[C@H]2c3cc(Br)cc(OC)c3O[C@@]1(C)[C@H]2C(=O)OC. The van der Waals surface area contributed by atoms with Crippen molar-refractivity contribution < 1.29 is 19.0 Å². The van der Waals surface area contributed by atoms with Gasteiger partial charge >= 0.3 is 5.97 Å². The average molecular weight is 415 g/mol. The number of carbonyl (C=O) groups is 1. The van der Waals surface area contributed by atoms with Gasteiger partial charge in [0.1, 0.15) is 5.92 Å². The molecule has 1 aromatic carbocycles. The molecule has 2 heterocycles. The van der Waals surface area contributed by atoms with Gasteiger partial charge in [0.25, 0.3) is 0 Å². The van der Waals surface area contributed by atoms with E-state index < -0.39 is 11.6 Å². The summed E-state index contributed by atoms with van der Waals surface area (Å²) in [4.78, 5) is 14.4. The van der Waals surface area contributed by atoms with Crippen LogP contribution in [0.5, 0.6) is 11.5 Å². The van der Waals surface area contributed by atoms with Gasteiger partial charge in [0.05, 0.1) is 20.3 Å². The molecule has 0 amide bonds. The number of nitrogens with zero attached hydrogens (tertiary/aromatic N) is 1. The highest BCUT2D eigenvalue weighted by Gasteiger charge is 2.59. The highest BCUT2D eigenvalue weighted by Crippen LogP contribution is 2.52. The van der Waals surface area contributed by atoms with Crippen LogP contribution in [0.1, 0.15) is 25.5 Å². The number of nitrogens with one attached hydrogen (secondary N) is 1. The summed E-state index contributed by atoms with van der Waals surface area (Å²) in [5.41, 5.74) is -0.143. The van der Waals surface area contributed by atoms with Crippen LogP contribution in [0.15, 0.2) is 16.6 Å². The van der Waals surface area contributed by atoms with E-state index in [1.165, 1.54) is 7.11 Å². The van der Waals surface area contributed by atoms with Gasteiger partial charge in [0.2, 0.25) is 0 Å². The monoisotopic (exact) mass is 414 g/mol. The third-order valence-electron chi connectivity index (χ3n) is 4.65. The normalized spacial score (nSPS) is 27.7. The van der Waals surface area contributed by atoms with Crippen molar-refractivity contribution >= 4 is 39.2 Å². The summed E-state index contributed by atoms with van der Waals surface area (Å²) in [6.07, 6.45) is 0. The second kappa shape index (κ2) is 6.07. The maximum Gasteiger partial charge on any atom is 0.317 e. The molecule has 3 atom stereocenters. The minimum Gasteiger partial charge on any atom is -0.493 e. The molecule has 6 nitrogen and oxygen atoms in total. The molecule has 2 bridgehead atoms. The van der Waals surface area contributed by atoms with Crippen molar-refractivity contribution in [2.75, 3.05) is 20.8 Å². The number of rotatable bonds is 3. The van der Waals surface area contributed by atoms with E-state index in [-0.39, 0.29) is 12.0 Å². The lowest BCUT2D eigenvalue weighted by molar-refractivity contribution is -0.172. The lowest BCUT2D eigenvalue weighted by Crippen LogP contribution is -2.71. The number of carbonyl (C=O) groups excluding carboxylic acids is 1. The fraction of sp³-hybridized carbons (Fsp3) is 0.500. The van der Waals surface area contributed by atoms with Gasteiger partial charge in [-0.1, -0.05) is 15.9 Å². The molecular weight excluding hydrogens is 396 g/mol. The first-order valence-corrected chi connectivity index (χ1v) is 8.79. The first kappa shape index (κ1) is 17.3. The minimum atomic E-state index is -0.955. The van der Waals surface area contributed by atoms with Crippen molar-refractivity contribution in [3.8, 4) is 11.5 Å². The number of fused-ring (bicyclic) bond motifs is 4. The van der Waals surface area contributed by atoms with E-state index in [4.69, 9.17) is 26.4 Å². The molecule has 0 radical (unpaired) electrons. The fourth-order valence-corrected chi connectivity index (χ4v) is 4.47. The number of thiocarbonyl (C=S) groups is 1. The summed E-state index contributed by atoms with van der Waals surface area (Å²) in [7, 11) is 2.97. The van der Waals surface area contributed by atoms with Gasteiger partial charge in [0.15, 0.2) is 22.3 Å². The van der Waals surface area contributed by atoms with E-state index in [1.807, 2.05) is 30.9 Å². The molecule has 8 heteroatoms. The predicted octanol–water partition coefficient (Wildman–Crippen LogP) is 2.61. The third-order valence-corrected chi connectivity index (χ3v) is 5.45. The summed E-state index contributed by atoms with van der Waals surface area (Å²) < 4.78 is 17.7. The standard InChI is InChI=1S/C16H19BrN2O4S/c1-5-19-15(24)18-12-9-6-8(17)7-10(21-3)13(9)23-16(19,2)11(12)14(20)22-4/h6-7,11-12H,5H2,1-4H3,(H,18,24)/t11-,12+,16+/m1/s1. The third kappa shape index (κ3) is 2.35. The van der Waals surface area contributed by atoms with Gasteiger partial charge in [-0.25, -0.2) is 0 Å². The fourth-order valence-electron chi connectivity index (χ4n) is 3.58. The van der Waals surface area contributed by atoms with E-state index in [2.05, 4.69) is 21.2 Å². The molecule has 1 saturated heterocycles. The predicted molar refractivity (Wildman–Crippen MR) is 96.1 cm³/mol. The Morgan fingerprint density at radius 2 is 2.21 bits per heavy atom. The Labute approximate surface area is 154 Å². The Morgan fingerprint density at radius 1 is 1.50 bits per heavy atom. The summed E-state index contributed by atoms with van der Waals surface area (Å²) in [6.45, 7) is 4.42. The zero-order valence-corrected chi connectivity index (χ0v) is 16.3. The molecule has 1 N–H and O–H groups in total. The topological polar surface area (TPSA) is 60.0 Å². The van der Waals surface area contributed by atoms with Crippen LogP contribution in [-0.2, 0) is 9.53 Å². The maximum absolute atomic E-state index is 12.5. The Bertz CT molecular complexity index is 714. The zero-order chi connectivity index (χ0) is 17.6. The summed E-state index contributed by atoms with van der Waals surface area (Å²) >= 11 is 8.97. The van der Waals surface area contributed by atoms with Gasteiger partial charge in [-0.2, -0.15) is 0 Å². The number of ether oxygens (including phenoxy) is 3. The molecule has 0 unspecified atom stereocenters. The number of esters is 1. The molecule has 0 aromatic heterocycles. The van der Waals surface area contributed by atoms with Gasteiger partial charge in [0, 0.05) is 16.6 Å². The average Bonchev–Trinajstić information content (AvgIpc) is 2.54. The second-order valence-electron chi connectivity index (χ2n) is 5.86. The first-order chi connectivity index (χ1) is 11.4. The van der Waals surface area contributed by atoms with Crippen LogP contribution in [0.3, 0.4) is 0 Å². The van der Waals surface area contributed by atoms with E-state index in [0.717, 1.165) is 10.0 Å². The van der Waals surface area contributed by atoms with Crippen molar-refractivity contribution in [2.45, 2.75) is 25.6 Å². The first-order valence-electron chi connectivity index (χ1n) is 7.59. The van der Waals surface area contributed by atoms with Crippen LogP contribution in [0.2, 0.25) is 0 Å². The van der Waals surface area contributed by atoms with Crippen molar-refractivity contribution in [2.24, 2.45) is 5.92 Å². The number of hydrogen-bond acceptors (Lipinski definition) is 5. The number of benzene rings is 1. The molecule has 0 aliphatic carbocycles. The molecular formula is C16H19BrN2O4S. The van der Waals surface area contributed by atoms with Crippen LogP contribution >= 0.6 is 28.1 Å². The number of methoxy groups -OCH3 is 2. The summed E-state index contributed by atoms with van der Waals surface area (Å²) in [5, 5.41) is 3.82. The maximum atomic E-state index is 12.5. The molecule has 0 saturated carbocycles. The molecule has 0 spiro atoms. The summed E-state index contributed by atoms with van der Waals surface area (Å²) in [6, 6.07) is 3.40. The van der Waals surface area contributed by atoms with Crippen molar-refractivity contribution in [1.29, 1.82) is 0 Å². The van der Waals surface area contributed by atoms with Crippen molar-refractivity contribution in [1.82, 2.24) is 10.2 Å². The molecule has 2 aliphatic heterocycles. The second-order valence-corrected chi connectivity index (χ2v) is 7.16. The van der Waals surface area contributed by atoms with E-state index in [0.29, 0.717) is 23.2 Å². The summed E-state index contributed by atoms with van der Waals surface area (Å²) in [5.74, 6) is 0.299. The van der Waals surface area contributed by atoms with Crippen LogP contribution in [0.4, 0.5) is 0 Å². The molecule has 3 rings (SSSR count). The van der Waals surface area contributed by atoms with Crippen molar-refractivity contribution in [3.05, 3.63) is 22.2 Å². The van der Waals surface area contributed by atoms with E-state index in [9.17, 15) is 4.79 Å². The van der Waals surface area contributed by atoms with Crippen molar-refractivity contribution in [3.63, 3.8) is 0 Å². The van der Waals surface area contributed by atoms with Gasteiger partial charge in [-0.3, -0.25) is 4.79 Å². The van der Waals surface area contributed by atoms with Crippen LogP contribution in [-0.4, -0.2) is 42.5 Å². The Hall–Kier alpha value is -1.54. The van der Waals surface area contributed by atoms with Crippen LogP contribution in [0, 0.1) is 5.92 Å². The number of hydrogen-bond donors (Lipinski definition) is 1. The van der Waals surface area contributed by atoms with E-state index >= 15 is 0 Å². The molecule has 1 aromatic rings. The highest BCUT2D eigenvalue weighted by molar-refractivity contribution is 9.10. The zero-order valence-electron chi connectivity index (χ0n) is 13.9. The van der Waals surface area contributed by atoms with Gasteiger partial charge in [-0.05, 0) is 38.2 Å².